The molecule has 158 valence electrons. The van der Waals surface area contributed by atoms with Crippen molar-refractivity contribution in [2.75, 3.05) is 12.4 Å². The number of rotatable bonds is 6. The first-order valence-electron chi connectivity index (χ1n) is 8.92. The predicted molar refractivity (Wildman–Crippen MR) is 107 cm³/mol. The van der Waals surface area contributed by atoms with Crippen molar-refractivity contribution < 1.29 is 27.7 Å². The number of nitro benzene ring substituents is 1. The number of amides is 2. The summed E-state index contributed by atoms with van der Waals surface area (Å²) >= 11 is 0. The molecule has 30 heavy (non-hydrogen) atoms. The molecule has 3 rings (SSSR count). The zero-order valence-electron chi connectivity index (χ0n) is 16.2. The van der Waals surface area contributed by atoms with Crippen LogP contribution in [0.25, 0.3) is 0 Å². The highest BCUT2D eigenvalue weighted by molar-refractivity contribution is 7.89. The highest BCUT2D eigenvalue weighted by Crippen LogP contribution is 2.32. The molecule has 0 aliphatic carbocycles. The number of methoxy groups -OCH3 is 1. The summed E-state index contributed by atoms with van der Waals surface area (Å²) in [6.45, 7) is 1.79. The number of ether oxygens (including phenoxy) is 1. The summed E-state index contributed by atoms with van der Waals surface area (Å²) in [6, 6.07) is 8.27. The summed E-state index contributed by atoms with van der Waals surface area (Å²) in [6.07, 6.45) is -0.123. The molecule has 1 aliphatic rings. The molecule has 1 aliphatic heterocycles. The lowest BCUT2D eigenvalue weighted by molar-refractivity contribution is -0.384. The second kappa shape index (κ2) is 8.11. The summed E-state index contributed by atoms with van der Waals surface area (Å²) in [7, 11) is -2.92. The molecule has 2 aromatic rings. The van der Waals surface area contributed by atoms with Gasteiger partial charge in [0.05, 0.1) is 22.6 Å². The molecule has 0 spiro atoms. The molecule has 0 aromatic heterocycles. The molecule has 2 aromatic carbocycles. The number of aryl methyl sites for hydroxylation is 1. The molecule has 0 saturated carbocycles. The zero-order valence-corrected chi connectivity index (χ0v) is 17.0. The molecule has 0 radical (unpaired) electrons. The van der Waals surface area contributed by atoms with E-state index >= 15 is 0 Å². The van der Waals surface area contributed by atoms with E-state index in [2.05, 4.69) is 5.32 Å². The Kier molecular flexibility index (Phi) is 5.74. The molecular weight excluding hydrogens is 414 g/mol. The van der Waals surface area contributed by atoms with Gasteiger partial charge in [-0.2, -0.15) is 0 Å². The van der Waals surface area contributed by atoms with Gasteiger partial charge in [0.2, 0.25) is 11.8 Å². The van der Waals surface area contributed by atoms with Crippen molar-refractivity contribution in [1.82, 2.24) is 4.31 Å². The Morgan fingerprint density at radius 3 is 2.50 bits per heavy atom. The number of nitro groups is 1. The van der Waals surface area contributed by atoms with Gasteiger partial charge in [-0.25, -0.2) is 12.7 Å². The number of nitrogens with zero attached hydrogens (tertiary/aromatic N) is 2. The van der Waals surface area contributed by atoms with Crippen LogP contribution < -0.4 is 10.1 Å². The van der Waals surface area contributed by atoms with Crippen LogP contribution >= 0.6 is 0 Å². The van der Waals surface area contributed by atoms with Crippen molar-refractivity contribution in [3.05, 3.63) is 58.1 Å². The lowest BCUT2D eigenvalue weighted by atomic mass is 10.2. The van der Waals surface area contributed by atoms with Crippen molar-refractivity contribution in [2.45, 2.75) is 30.7 Å². The third kappa shape index (κ3) is 3.96. The predicted octanol–water partition coefficient (Wildman–Crippen LogP) is 2.23. The summed E-state index contributed by atoms with van der Waals surface area (Å²) in [5.41, 5.74) is 0.565. The molecule has 1 atom stereocenters. The third-order valence-corrected chi connectivity index (χ3v) is 6.54. The SMILES string of the molecule is COc1ccc([N+](=O)[O-])cc1NC(=O)[C@H]1CCC(=O)N1S(=O)(=O)c1ccc(C)cc1. The maximum absolute atomic E-state index is 13.0. The summed E-state index contributed by atoms with van der Waals surface area (Å²) in [5, 5.41) is 13.5. The van der Waals surface area contributed by atoms with Crippen molar-refractivity contribution in [3.8, 4) is 5.75 Å². The number of hydrogen-bond donors (Lipinski definition) is 1. The first-order chi connectivity index (χ1) is 14.1. The van der Waals surface area contributed by atoms with Gasteiger partial charge in [0.1, 0.15) is 11.8 Å². The number of carbonyl (C=O) groups excluding carboxylic acids is 2. The lowest BCUT2D eigenvalue weighted by Crippen LogP contribution is -2.45. The van der Waals surface area contributed by atoms with Gasteiger partial charge in [0.15, 0.2) is 0 Å². The van der Waals surface area contributed by atoms with E-state index in [-0.39, 0.29) is 34.9 Å². The van der Waals surface area contributed by atoms with Gasteiger partial charge >= 0.3 is 0 Å². The molecular formula is C19H19N3O7S. The Balaban J connectivity index is 1.92. The fourth-order valence-corrected chi connectivity index (χ4v) is 4.75. The van der Waals surface area contributed by atoms with Gasteiger partial charge in [0, 0.05) is 18.6 Å². The molecule has 1 N–H and O–H groups in total. The highest BCUT2D eigenvalue weighted by atomic mass is 32.2. The molecule has 0 unspecified atom stereocenters. The number of non-ortho nitro benzene ring substituents is 1. The van der Waals surface area contributed by atoms with Gasteiger partial charge in [-0.05, 0) is 31.5 Å². The average molecular weight is 433 g/mol. The molecule has 0 bridgehead atoms. The fourth-order valence-electron chi connectivity index (χ4n) is 3.15. The van der Waals surface area contributed by atoms with Crippen LogP contribution in [0.5, 0.6) is 5.75 Å². The van der Waals surface area contributed by atoms with Crippen LogP contribution in [0.1, 0.15) is 18.4 Å². The van der Waals surface area contributed by atoms with E-state index in [0.717, 1.165) is 11.6 Å². The molecule has 11 heteroatoms. The van der Waals surface area contributed by atoms with Crippen LogP contribution in [-0.4, -0.2) is 42.6 Å². The van der Waals surface area contributed by atoms with Gasteiger partial charge in [0.25, 0.3) is 15.7 Å². The van der Waals surface area contributed by atoms with E-state index < -0.39 is 32.8 Å². The third-order valence-electron chi connectivity index (χ3n) is 4.69. The van der Waals surface area contributed by atoms with Crippen molar-refractivity contribution in [3.63, 3.8) is 0 Å². The van der Waals surface area contributed by atoms with E-state index in [1.807, 2.05) is 0 Å². The van der Waals surface area contributed by atoms with Crippen LogP contribution in [0.2, 0.25) is 0 Å². The number of nitrogens with one attached hydrogen (secondary N) is 1. The summed E-state index contributed by atoms with van der Waals surface area (Å²) in [5.74, 6) is -1.32. The van der Waals surface area contributed by atoms with E-state index in [1.165, 1.54) is 31.4 Å². The maximum atomic E-state index is 13.0. The number of benzene rings is 2. The van der Waals surface area contributed by atoms with E-state index in [0.29, 0.717) is 4.31 Å². The topological polar surface area (TPSA) is 136 Å². The first-order valence-corrected chi connectivity index (χ1v) is 10.4. The monoisotopic (exact) mass is 433 g/mol. The Morgan fingerprint density at radius 1 is 1.23 bits per heavy atom. The number of hydrogen-bond acceptors (Lipinski definition) is 7. The highest BCUT2D eigenvalue weighted by Gasteiger charge is 2.44. The Bertz CT molecular complexity index is 1110. The Hall–Kier alpha value is -3.47. The molecule has 2 amide bonds. The van der Waals surface area contributed by atoms with Gasteiger partial charge < -0.3 is 10.1 Å². The van der Waals surface area contributed by atoms with Crippen molar-refractivity contribution in [2.24, 2.45) is 0 Å². The number of sulfonamides is 1. The minimum Gasteiger partial charge on any atom is -0.495 e. The largest absolute Gasteiger partial charge is 0.495 e. The van der Waals surface area contributed by atoms with Crippen LogP contribution in [0.4, 0.5) is 11.4 Å². The average Bonchev–Trinajstić information content (AvgIpc) is 3.10. The van der Waals surface area contributed by atoms with Crippen molar-refractivity contribution >= 4 is 33.2 Å². The fraction of sp³-hybridized carbons (Fsp3) is 0.263. The maximum Gasteiger partial charge on any atom is 0.271 e. The quantitative estimate of drug-likeness (QED) is 0.545. The smallest absolute Gasteiger partial charge is 0.271 e. The van der Waals surface area contributed by atoms with E-state index in [1.54, 1.807) is 19.1 Å². The van der Waals surface area contributed by atoms with E-state index in [4.69, 9.17) is 4.74 Å². The molecule has 1 fully saturated rings. The second-order valence-electron chi connectivity index (χ2n) is 6.69. The minimum atomic E-state index is -4.24. The number of anilines is 1. The zero-order chi connectivity index (χ0) is 22.1. The summed E-state index contributed by atoms with van der Waals surface area (Å²) < 4.78 is 31.7. The lowest BCUT2D eigenvalue weighted by Gasteiger charge is -2.24. The Morgan fingerprint density at radius 2 is 1.90 bits per heavy atom. The molecule has 1 heterocycles. The summed E-state index contributed by atoms with van der Waals surface area (Å²) in [4.78, 5) is 35.5. The van der Waals surface area contributed by atoms with Gasteiger partial charge in [-0.15, -0.1) is 0 Å². The van der Waals surface area contributed by atoms with Crippen LogP contribution in [0, 0.1) is 17.0 Å². The van der Waals surface area contributed by atoms with Crippen LogP contribution in [0.3, 0.4) is 0 Å². The Labute approximate surface area is 172 Å². The van der Waals surface area contributed by atoms with Gasteiger partial charge in [-0.3, -0.25) is 19.7 Å². The van der Waals surface area contributed by atoms with Crippen molar-refractivity contribution in [1.29, 1.82) is 0 Å². The first kappa shape index (κ1) is 21.2. The molecule has 10 nitrogen and oxygen atoms in total. The minimum absolute atomic E-state index is 0.00346. The standard InChI is InChI=1S/C19H19N3O7S/c1-12-3-6-14(7-4-12)30(27,28)21-16(8-10-18(21)23)19(24)20-15-11-13(22(25)26)5-9-17(15)29-2/h3-7,9,11,16H,8,10H2,1-2H3,(H,20,24)/t16-/m1/s1. The van der Waals surface area contributed by atoms with E-state index in [9.17, 15) is 28.1 Å². The molecule has 1 saturated heterocycles. The van der Waals surface area contributed by atoms with Crippen LogP contribution in [-0.2, 0) is 19.6 Å². The second-order valence-corrected chi connectivity index (χ2v) is 8.51. The normalized spacial score (nSPS) is 16.4. The van der Waals surface area contributed by atoms with Crippen LogP contribution in [0.15, 0.2) is 47.4 Å². The van der Waals surface area contributed by atoms with Gasteiger partial charge in [-0.1, -0.05) is 17.7 Å². The number of carbonyl (C=O) groups is 2.